The van der Waals surface area contributed by atoms with Crippen LogP contribution in [0.2, 0.25) is 0 Å². The van der Waals surface area contributed by atoms with Crippen LogP contribution in [0, 0.1) is 0 Å². The van der Waals surface area contributed by atoms with Gasteiger partial charge in [0, 0.05) is 19.6 Å². The van der Waals surface area contributed by atoms with Crippen LogP contribution in [0.4, 0.5) is 0 Å². The van der Waals surface area contributed by atoms with Crippen molar-refractivity contribution >= 4 is 5.97 Å². The number of hydrogen-bond donors (Lipinski definition) is 1. The molecule has 0 saturated carbocycles. The first-order chi connectivity index (χ1) is 8.27. The van der Waals surface area contributed by atoms with Gasteiger partial charge in [0.2, 0.25) is 0 Å². The van der Waals surface area contributed by atoms with E-state index in [4.69, 9.17) is 9.47 Å². The molecule has 1 aliphatic heterocycles. The number of rotatable bonds is 4. The highest BCUT2D eigenvalue weighted by Crippen LogP contribution is 2.21. The van der Waals surface area contributed by atoms with Crippen molar-refractivity contribution in [2.75, 3.05) is 20.3 Å². The lowest BCUT2D eigenvalue weighted by Gasteiger charge is -2.25. The van der Waals surface area contributed by atoms with Gasteiger partial charge < -0.3 is 9.47 Å². The predicted octanol–water partition coefficient (Wildman–Crippen LogP) is 1.11. The van der Waals surface area contributed by atoms with E-state index in [0.29, 0.717) is 26.2 Å². The molecular formula is C13H17NO3. The van der Waals surface area contributed by atoms with Crippen LogP contribution >= 0.6 is 0 Å². The Bertz CT molecular complexity index is 372. The molecule has 1 heterocycles. The topological polar surface area (TPSA) is 47.6 Å². The molecule has 17 heavy (non-hydrogen) atoms. The molecule has 4 heteroatoms. The Morgan fingerprint density at radius 2 is 2.24 bits per heavy atom. The quantitative estimate of drug-likeness (QED) is 0.794. The van der Waals surface area contributed by atoms with Crippen LogP contribution < -0.4 is 5.32 Å². The van der Waals surface area contributed by atoms with Crippen molar-refractivity contribution < 1.29 is 14.3 Å². The van der Waals surface area contributed by atoms with Crippen molar-refractivity contribution in [3.8, 4) is 0 Å². The number of esters is 1. The molecule has 1 saturated heterocycles. The predicted molar refractivity (Wildman–Crippen MR) is 63.5 cm³/mol. The smallest absolute Gasteiger partial charge is 0.328 e. The van der Waals surface area contributed by atoms with E-state index >= 15 is 0 Å². The van der Waals surface area contributed by atoms with Gasteiger partial charge in [-0.3, -0.25) is 5.32 Å². The van der Waals surface area contributed by atoms with E-state index in [1.165, 1.54) is 7.11 Å². The van der Waals surface area contributed by atoms with Gasteiger partial charge in [0.05, 0.1) is 13.7 Å². The lowest BCUT2D eigenvalue weighted by Crippen LogP contribution is -2.53. The van der Waals surface area contributed by atoms with E-state index < -0.39 is 5.54 Å². The Morgan fingerprint density at radius 3 is 2.82 bits per heavy atom. The van der Waals surface area contributed by atoms with Gasteiger partial charge in [-0.2, -0.15) is 0 Å². The number of nitrogens with one attached hydrogen (secondary N) is 1. The van der Waals surface area contributed by atoms with E-state index in [1.54, 1.807) is 0 Å². The fourth-order valence-corrected chi connectivity index (χ4v) is 2.00. The van der Waals surface area contributed by atoms with Crippen molar-refractivity contribution in [1.29, 1.82) is 0 Å². The molecule has 4 nitrogen and oxygen atoms in total. The fourth-order valence-electron chi connectivity index (χ4n) is 2.00. The zero-order valence-electron chi connectivity index (χ0n) is 9.94. The molecule has 2 rings (SSSR count). The molecule has 0 bridgehead atoms. The summed E-state index contributed by atoms with van der Waals surface area (Å²) in [5.41, 5.74) is 0.465. The summed E-state index contributed by atoms with van der Waals surface area (Å²) in [6, 6.07) is 9.97. The summed E-state index contributed by atoms with van der Waals surface area (Å²) < 4.78 is 10.2. The summed E-state index contributed by atoms with van der Waals surface area (Å²) >= 11 is 0. The molecule has 0 spiro atoms. The van der Waals surface area contributed by atoms with E-state index in [1.807, 2.05) is 30.3 Å². The van der Waals surface area contributed by atoms with Crippen LogP contribution in [-0.4, -0.2) is 31.8 Å². The molecule has 1 N–H and O–H groups in total. The number of benzene rings is 1. The molecule has 92 valence electrons. The van der Waals surface area contributed by atoms with Gasteiger partial charge in [0.15, 0.2) is 0 Å². The summed E-state index contributed by atoms with van der Waals surface area (Å²) in [4.78, 5) is 11.8. The first-order valence-electron chi connectivity index (χ1n) is 5.72. The van der Waals surface area contributed by atoms with Gasteiger partial charge in [-0.25, -0.2) is 4.79 Å². The maximum absolute atomic E-state index is 11.8. The van der Waals surface area contributed by atoms with Crippen LogP contribution in [0.15, 0.2) is 30.3 Å². The number of methoxy groups -OCH3 is 1. The van der Waals surface area contributed by atoms with E-state index in [0.717, 1.165) is 5.56 Å². The Labute approximate surface area is 101 Å². The summed E-state index contributed by atoms with van der Waals surface area (Å²) in [5, 5.41) is 3.26. The number of ether oxygens (including phenoxy) is 2. The van der Waals surface area contributed by atoms with E-state index in [9.17, 15) is 4.79 Å². The summed E-state index contributed by atoms with van der Waals surface area (Å²) in [6.45, 7) is 1.61. The second kappa shape index (κ2) is 5.29. The lowest BCUT2D eigenvalue weighted by atomic mass is 9.98. The zero-order valence-corrected chi connectivity index (χ0v) is 9.94. The maximum atomic E-state index is 11.8. The Kier molecular flexibility index (Phi) is 3.76. The summed E-state index contributed by atoms with van der Waals surface area (Å²) in [6.07, 6.45) is 0.659. The minimum Gasteiger partial charge on any atom is -0.468 e. The van der Waals surface area contributed by atoms with Gasteiger partial charge in [-0.1, -0.05) is 30.3 Å². The number of carbonyl (C=O) groups is 1. The van der Waals surface area contributed by atoms with E-state index in [-0.39, 0.29) is 5.97 Å². The standard InChI is InChI=1S/C13H17NO3/c1-16-12(15)13(7-8-17-10-13)14-9-11-5-3-2-4-6-11/h2-6,14H,7-10H2,1H3/t13-/m1/s1. The minimum atomic E-state index is -0.676. The first kappa shape index (κ1) is 12.1. The molecule has 0 aliphatic carbocycles. The van der Waals surface area contributed by atoms with E-state index in [2.05, 4.69) is 5.32 Å². The van der Waals surface area contributed by atoms with Gasteiger partial charge in [0.25, 0.3) is 0 Å². The molecule has 1 fully saturated rings. The number of hydrogen-bond acceptors (Lipinski definition) is 4. The summed E-state index contributed by atoms with van der Waals surface area (Å²) in [7, 11) is 1.41. The highest BCUT2D eigenvalue weighted by Gasteiger charge is 2.42. The Hall–Kier alpha value is -1.39. The molecule has 1 aliphatic rings. The fraction of sp³-hybridized carbons (Fsp3) is 0.462. The van der Waals surface area contributed by atoms with Crippen molar-refractivity contribution in [2.24, 2.45) is 0 Å². The van der Waals surface area contributed by atoms with Crippen LogP contribution in [-0.2, 0) is 20.8 Å². The van der Waals surface area contributed by atoms with Gasteiger partial charge in [0.1, 0.15) is 5.54 Å². The van der Waals surface area contributed by atoms with Gasteiger partial charge in [-0.15, -0.1) is 0 Å². The molecule has 1 aromatic rings. The highest BCUT2D eigenvalue weighted by molar-refractivity contribution is 5.81. The highest BCUT2D eigenvalue weighted by atomic mass is 16.5. The molecule has 0 unspecified atom stereocenters. The van der Waals surface area contributed by atoms with Crippen molar-refractivity contribution in [3.63, 3.8) is 0 Å². The van der Waals surface area contributed by atoms with Crippen LogP contribution in [0.5, 0.6) is 0 Å². The third-order valence-electron chi connectivity index (χ3n) is 3.07. The third-order valence-corrected chi connectivity index (χ3v) is 3.07. The Balaban J connectivity index is 2.02. The van der Waals surface area contributed by atoms with Crippen LogP contribution in [0.3, 0.4) is 0 Å². The van der Waals surface area contributed by atoms with Gasteiger partial charge in [-0.05, 0) is 5.56 Å². The molecule has 1 aromatic carbocycles. The first-order valence-corrected chi connectivity index (χ1v) is 5.72. The van der Waals surface area contributed by atoms with Crippen molar-refractivity contribution in [3.05, 3.63) is 35.9 Å². The summed E-state index contributed by atoms with van der Waals surface area (Å²) in [5.74, 6) is -0.245. The third kappa shape index (κ3) is 2.65. The maximum Gasteiger partial charge on any atom is 0.328 e. The average Bonchev–Trinajstić information content (AvgIpc) is 2.87. The van der Waals surface area contributed by atoms with Crippen LogP contribution in [0.25, 0.3) is 0 Å². The van der Waals surface area contributed by atoms with Crippen LogP contribution in [0.1, 0.15) is 12.0 Å². The zero-order chi connectivity index (χ0) is 12.1. The van der Waals surface area contributed by atoms with Crippen molar-refractivity contribution in [2.45, 2.75) is 18.5 Å². The van der Waals surface area contributed by atoms with Crippen molar-refractivity contribution in [1.82, 2.24) is 5.32 Å². The largest absolute Gasteiger partial charge is 0.468 e. The molecule has 0 radical (unpaired) electrons. The number of carbonyl (C=O) groups excluding carboxylic acids is 1. The lowest BCUT2D eigenvalue weighted by molar-refractivity contribution is -0.148. The molecule has 1 atom stereocenters. The second-order valence-electron chi connectivity index (χ2n) is 4.22. The second-order valence-corrected chi connectivity index (χ2v) is 4.22. The molecule has 0 amide bonds. The molecule has 0 aromatic heterocycles. The minimum absolute atomic E-state index is 0.245. The Morgan fingerprint density at radius 1 is 1.47 bits per heavy atom. The van der Waals surface area contributed by atoms with Gasteiger partial charge >= 0.3 is 5.97 Å². The molecular weight excluding hydrogens is 218 g/mol. The monoisotopic (exact) mass is 235 g/mol. The SMILES string of the molecule is COC(=O)[C@@]1(NCc2ccccc2)CCOC1. The average molecular weight is 235 g/mol. The normalized spacial score (nSPS) is 23.6.